The van der Waals surface area contributed by atoms with Crippen LogP contribution in [0.5, 0.6) is 5.75 Å². The molecule has 2 amide bonds. The smallest absolute Gasteiger partial charge is 0.416 e. The second kappa shape index (κ2) is 11.7. The fourth-order valence-corrected chi connectivity index (χ4v) is 5.86. The molecule has 2 aliphatic rings. The summed E-state index contributed by atoms with van der Waals surface area (Å²) in [6, 6.07) is 17.8. The van der Waals surface area contributed by atoms with Crippen molar-refractivity contribution in [3.8, 4) is 5.75 Å². The van der Waals surface area contributed by atoms with Gasteiger partial charge in [-0.3, -0.25) is 9.59 Å². The van der Waals surface area contributed by atoms with E-state index in [1.807, 2.05) is 12.1 Å². The minimum absolute atomic E-state index is 0.0931. The van der Waals surface area contributed by atoms with Crippen molar-refractivity contribution in [2.45, 2.75) is 25.6 Å². The van der Waals surface area contributed by atoms with Crippen molar-refractivity contribution in [1.29, 1.82) is 0 Å². The molecule has 3 aromatic carbocycles. The molecule has 3 aromatic rings. The Morgan fingerprint density at radius 2 is 1.76 bits per heavy atom. The molecule has 0 spiro atoms. The predicted molar refractivity (Wildman–Crippen MR) is 154 cm³/mol. The maximum absolute atomic E-state index is 13.8. The Bertz CT molecular complexity index is 1540. The molecule has 1 saturated heterocycles. The van der Waals surface area contributed by atoms with E-state index in [1.54, 1.807) is 55.1 Å². The first-order valence-corrected chi connectivity index (χ1v) is 13.9. The van der Waals surface area contributed by atoms with Crippen molar-refractivity contribution in [2.75, 3.05) is 30.0 Å². The van der Waals surface area contributed by atoms with Crippen LogP contribution in [-0.2, 0) is 11.0 Å². The number of carbonyl (C=O) groups is 2. The van der Waals surface area contributed by atoms with Crippen LogP contribution in [-0.4, -0.2) is 41.3 Å². The molecule has 7 nitrogen and oxygen atoms in total. The summed E-state index contributed by atoms with van der Waals surface area (Å²) in [6.45, 7) is 2.50. The molecule has 5 rings (SSSR count). The van der Waals surface area contributed by atoms with Gasteiger partial charge in [-0.15, -0.1) is 0 Å². The number of para-hydroxylation sites is 2. The number of nitrogens with zero attached hydrogens (tertiary/aromatic N) is 2. The van der Waals surface area contributed by atoms with E-state index in [0.717, 1.165) is 47.2 Å². The summed E-state index contributed by atoms with van der Waals surface area (Å²) in [5, 5.41) is 6.56. The second-order valence-corrected chi connectivity index (χ2v) is 10.6. The summed E-state index contributed by atoms with van der Waals surface area (Å²) in [6.07, 6.45) is -3.58. The number of allylic oxidation sites excluding steroid dienone is 1. The molecule has 212 valence electrons. The lowest BCUT2D eigenvalue weighted by Crippen LogP contribution is -2.43. The van der Waals surface area contributed by atoms with E-state index in [1.165, 1.54) is 7.11 Å². The quantitative estimate of drug-likeness (QED) is 0.338. The van der Waals surface area contributed by atoms with Crippen LogP contribution in [0.4, 0.5) is 24.5 Å². The highest BCUT2D eigenvalue weighted by atomic mass is 32.2. The summed E-state index contributed by atoms with van der Waals surface area (Å²) in [4.78, 5) is 33.5. The van der Waals surface area contributed by atoms with E-state index in [9.17, 15) is 22.8 Å². The Balaban J connectivity index is 1.45. The molecule has 41 heavy (non-hydrogen) atoms. The number of anilines is 2. The first kappa shape index (κ1) is 28.3. The highest BCUT2D eigenvalue weighted by molar-refractivity contribution is 8.13. The van der Waals surface area contributed by atoms with Gasteiger partial charge in [0.2, 0.25) is 0 Å². The molecule has 0 aliphatic carbocycles. The third-order valence-electron chi connectivity index (χ3n) is 6.79. The van der Waals surface area contributed by atoms with E-state index in [-0.39, 0.29) is 11.5 Å². The number of hydrogen-bond acceptors (Lipinski definition) is 6. The predicted octanol–water partition coefficient (Wildman–Crippen LogP) is 6.73. The van der Waals surface area contributed by atoms with Crippen LogP contribution in [0, 0.1) is 0 Å². The van der Waals surface area contributed by atoms with Gasteiger partial charge in [-0.2, -0.15) is 13.2 Å². The highest BCUT2D eigenvalue weighted by Gasteiger charge is 2.37. The maximum atomic E-state index is 13.8. The van der Waals surface area contributed by atoms with Crippen LogP contribution in [0.1, 0.15) is 40.9 Å². The van der Waals surface area contributed by atoms with Gasteiger partial charge in [0.05, 0.1) is 35.7 Å². The minimum atomic E-state index is -4.49. The number of aliphatic imine (C=N–C) groups is 1. The number of halogens is 3. The number of thioether (sulfide) groups is 1. The fourth-order valence-electron chi connectivity index (χ4n) is 4.84. The summed E-state index contributed by atoms with van der Waals surface area (Å²) < 4.78 is 44.2. The van der Waals surface area contributed by atoms with Gasteiger partial charge in [0.1, 0.15) is 5.75 Å². The molecule has 1 atom stereocenters. The van der Waals surface area contributed by atoms with Crippen molar-refractivity contribution >= 4 is 40.1 Å². The minimum Gasteiger partial charge on any atom is -0.495 e. The van der Waals surface area contributed by atoms with Crippen LogP contribution < -0.4 is 15.4 Å². The van der Waals surface area contributed by atoms with Gasteiger partial charge >= 0.3 is 6.18 Å². The van der Waals surface area contributed by atoms with Crippen molar-refractivity contribution in [2.24, 2.45) is 4.99 Å². The van der Waals surface area contributed by atoms with Gasteiger partial charge in [0.25, 0.3) is 11.8 Å². The van der Waals surface area contributed by atoms with Crippen LogP contribution in [0.2, 0.25) is 0 Å². The largest absolute Gasteiger partial charge is 0.495 e. The Kier molecular flexibility index (Phi) is 8.07. The van der Waals surface area contributed by atoms with Crippen LogP contribution in [0.3, 0.4) is 0 Å². The molecule has 1 unspecified atom stereocenters. The van der Waals surface area contributed by atoms with Crippen molar-refractivity contribution in [3.63, 3.8) is 0 Å². The molecule has 1 fully saturated rings. The standard InChI is InChI=1S/C30H27F3N4O3S/c1-18-25(28(39)36-23-9-3-4-10-24(23)40-2)26(37-15-6-16-41-29(37)34-18)20-7-5-8-22(17-20)35-27(38)19-11-13-21(14-12-19)30(31,32)33/h3-5,7-14,17,26H,6,15-16H2,1-2H3,(H,35,38)(H,36,39). The lowest BCUT2D eigenvalue weighted by Gasteiger charge is -2.41. The molecule has 2 N–H and O–H groups in total. The Morgan fingerprint density at radius 3 is 2.49 bits per heavy atom. The fraction of sp³-hybridized carbons (Fsp3) is 0.233. The number of rotatable bonds is 6. The van der Waals surface area contributed by atoms with Gasteiger partial charge < -0.3 is 20.3 Å². The van der Waals surface area contributed by atoms with E-state index >= 15 is 0 Å². The highest BCUT2D eigenvalue weighted by Crippen LogP contribution is 2.41. The third kappa shape index (κ3) is 6.09. The molecular weight excluding hydrogens is 553 g/mol. The summed E-state index contributed by atoms with van der Waals surface area (Å²) in [5.74, 6) is 0.573. The van der Waals surface area contributed by atoms with Crippen molar-refractivity contribution in [3.05, 3.63) is 101 Å². The normalized spacial score (nSPS) is 17.0. The summed E-state index contributed by atoms with van der Waals surface area (Å²) >= 11 is 1.63. The van der Waals surface area contributed by atoms with Crippen molar-refractivity contribution < 1.29 is 27.5 Å². The molecule has 0 saturated carbocycles. The van der Waals surface area contributed by atoms with E-state index in [0.29, 0.717) is 34.9 Å². The third-order valence-corrected chi connectivity index (χ3v) is 7.87. The lowest BCUT2D eigenvalue weighted by molar-refractivity contribution is -0.137. The molecule has 11 heteroatoms. The van der Waals surface area contributed by atoms with Gasteiger partial charge in [-0.1, -0.05) is 36.0 Å². The maximum Gasteiger partial charge on any atom is 0.416 e. The zero-order valence-electron chi connectivity index (χ0n) is 22.3. The average Bonchev–Trinajstić information content (AvgIpc) is 2.96. The number of amides is 2. The molecule has 2 aliphatic heterocycles. The molecule has 2 heterocycles. The zero-order chi connectivity index (χ0) is 29.1. The SMILES string of the molecule is COc1ccccc1NC(=O)C1=C(C)N=C2SCCCN2C1c1cccc(NC(=O)c2ccc(C(F)(F)F)cc2)c1. The van der Waals surface area contributed by atoms with Gasteiger partial charge in [-0.25, -0.2) is 4.99 Å². The number of alkyl halides is 3. The van der Waals surface area contributed by atoms with Crippen LogP contribution in [0.15, 0.2) is 89.1 Å². The Labute approximate surface area is 239 Å². The molecule has 0 aromatic heterocycles. The number of amidine groups is 1. The van der Waals surface area contributed by atoms with E-state index < -0.39 is 23.7 Å². The lowest BCUT2D eigenvalue weighted by atomic mass is 9.93. The van der Waals surface area contributed by atoms with E-state index in [2.05, 4.69) is 15.5 Å². The average molecular weight is 581 g/mol. The monoisotopic (exact) mass is 580 g/mol. The van der Waals surface area contributed by atoms with E-state index in [4.69, 9.17) is 9.73 Å². The zero-order valence-corrected chi connectivity index (χ0v) is 23.1. The first-order valence-electron chi connectivity index (χ1n) is 12.9. The number of nitrogens with one attached hydrogen (secondary N) is 2. The summed E-state index contributed by atoms with van der Waals surface area (Å²) in [7, 11) is 1.53. The topological polar surface area (TPSA) is 83.0 Å². The number of carbonyl (C=O) groups excluding carboxylic acids is 2. The number of methoxy groups -OCH3 is 1. The van der Waals surface area contributed by atoms with Gasteiger partial charge in [-0.05, 0) is 67.4 Å². The number of benzene rings is 3. The van der Waals surface area contributed by atoms with Crippen LogP contribution >= 0.6 is 11.8 Å². The Morgan fingerprint density at radius 1 is 1.00 bits per heavy atom. The van der Waals surface area contributed by atoms with Gasteiger partial charge in [0, 0.05) is 23.5 Å². The number of fused-ring (bicyclic) bond motifs is 1. The second-order valence-electron chi connectivity index (χ2n) is 9.50. The van der Waals surface area contributed by atoms with Crippen molar-refractivity contribution in [1.82, 2.24) is 4.90 Å². The van der Waals surface area contributed by atoms with Crippen LogP contribution in [0.25, 0.3) is 0 Å². The Hall–Kier alpha value is -4.25. The van der Waals surface area contributed by atoms with Gasteiger partial charge in [0.15, 0.2) is 5.17 Å². The number of ether oxygens (including phenoxy) is 1. The number of hydrogen-bond donors (Lipinski definition) is 2. The summed E-state index contributed by atoms with van der Waals surface area (Å²) in [5.41, 5.74) is 2.05. The first-order chi connectivity index (χ1) is 19.7. The molecule has 0 radical (unpaired) electrons. The molecular formula is C30H27F3N4O3S. The molecule has 0 bridgehead atoms.